The van der Waals surface area contributed by atoms with E-state index in [-0.39, 0.29) is 5.56 Å². The third-order valence-electron chi connectivity index (χ3n) is 5.53. The monoisotopic (exact) mass is 398 g/mol. The molecule has 0 atom stereocenters. The van der Waals surface area contributed by atoms with Gasteiger partial charge in [-0.05, 0) is 5.56 Å². The van der Waals surface area contributed by atoms with E-state index in [0.717, 1.165) is 54.0 Å². The summed E-state index contributed by atoms with van der Waals surface area (Å²) in [5.41, 5.74) is 1.84. The van der Waals surface area contributed by atoms with Crippen LogP contribution < -0.4 is 15.4 Å². The van der Waals surface area contributed by atoms with E-state index in [0.29, 0.717) is 6.54 Å². The molecule has 30 heavy (non-hydrogen) atoms. The van der Waals surface area contributed by atoms with Gasteiger partial charge in [-0.3, -0.25) is 4.79 Å². The van der Waals surface area contributed by atoms with E-state index in [9.17, 15) is 4.79 Å². The molecule has 7 heteroatoms. The first-order chi connectivity index (χ1) is 14.8. The highest BCUT2D eigenvalue weighted by molar-refractivity contribution is 5.91. The van der Waals surface area contributed by atoms with Gasteiger partial charge in [0.2, 0.25) is 0 Å². The molecule has 0 aliphatic carbocycles. The minimum atomic E-state index is -0.0845. The zero-order valence-electron chi connectivity index (χ0n) is 16.6. The summed E-state index contributed by atoms with van der Waals surface area (Å²) >= 11 is 0. The fourth-order valence-corrected chi connectivity index (χ4v) is 3.89. The van der Waals surface area contributed by atoms with Gasteiger partial charge in [-0.2, -0.15) is 10.2 Å². The molecule has 0 bridgehead atoms. The molecule has 5 rings (SSSR count). The molecule has 0 saturated carbocycles. The van der Waals surface area contributed by atoms with Gasteiger partial charge in [-0.25, -0.2) is 4.68 Å². The van der Waals surface area contributed by atoms with Crippen molar-refractivity contribution < 1.29 is 0 Å². The second-order valence-electron chi connectivity index (χ2n) is 7.42. The first-order valence-electron chi connectivity index (χ1n) is 10.1. The zero-order valence-corrected chi connectivity index (χ0v) is 16.6. The van der Waals surface area contributed by atoms with E-state index in [4.69, 9.17) is 0 Å². The molecule has 0 amide bonds. The number of nitrogens with zero attached hydrogens (tertiary/aromatic N) is 6. The Hall–Kier alpha value is -3.74. The molecule has 0 spiro atoms. The summed E-state index contributed by atoms with van der Waals surface area (Å²) in [4.78, 5) is 17.0. The Morgan fingerprint density at radius 3 is 2.37 bits per heavy atom. The molecule has 3 heterocycles. The highest BCUT2D eigenvalue weighted by atomic mass is 16.1. The average Bonchev–Trinajstić information content (AvgIpc) is 2.81. The lowest BCUT2D eigenvalue weighted by molar-refractivity contribution is 0.620. The van der Waals surface area contributed by atoms with Crippen LogP contribution >= 0.6 is 0 Å². The van der Waals surface area contributed by atoms with Crippen molar-refractivity contribution in [1.29, 1.82) is 0 Å². The lowest BCUT2D eigenvalue weighted by atomic mass is 10.1. The van der Waals surface area contributed by atoms with Gasteiger partial charge in [0, 0.05) is 43.0 Å². The van der Waals surface area contributed by atoms with Crippen molar-refractivity contribution in [3.8, 4) is 0 Å². The van der Waals surface area contributed by atoms with Crippen LogP contribution in [0.4, 0.5) is 11.5 Å². The highest BCUT2D eigenvalue weighted by Gasteiger charge is 2.21. The van der Waals surface area contributed by atoms with E-state index in [2.05, 4.69) is 37.2 Å². The molecule has 150 valence electrons. The van der Waals surface area contributed by atoms with E-state index in [1.807, 2.05) is 42.5 Å². The van der Waals surface area contributed by atoms with Gasteiger partial charge in [0.15, 0.2) is 5.82 Å². The molecule has 1 aliphatic heterocycles. The third-order valence-corrected chi connectivity index (χ3v) is 5.53. The van der Waals surface area contributed by atoms with Crippen LogP contribution in [0.25, 0.3) is 10.8 Å². The molecule has 4 aromatic rings. The maximum absolute atomic E-state index is 12.6. The summed E-state index contributed by atoms with van der Waals surface area (Å²) in [5.74, 6) is 0.921. The summed E-state index contributed by atoms with van der Waals surface area (Å²) in [5, 5.41) is 15.2. The smallest absolute Gasteiger partial charge is 0.269 e. The van der Waals surface area contributed by atoms with Crippen LogP contribution in [0.2, 0.25) is 0 Å². The van der Waals surface area contributed by atoms with Crippen molar-refractivity contribution in [2.75, 3.05) is 36.0 Å². The van der Waals surface area contributed by atoms with Gasteiger partial charge >= 0.3 is 0 Å². The Kier molecular flexibility index (Phi) is 4.85. The van der Waals surface area contributed by atoms with Gasteiger partial charge in [-0.15, -0.1) is 5.10 Å². The molecule has 2 aromatic carbocycles. The predicted octanol–water partition coefficient (Wildman–Crippen LogP) is 2.56. The van der Waals surface area contributed by atoms with Gasteiger partial charge < -0.3 is 9.80 Å². The molecule has 0 radical (unpaired) electrons. The second kappa shape index (κ2) is 7.94. The van der Waals surface area contributed by atoms with Gasteiger partial charge in [-0.1, -0.05) is 54.6 Å². The van der Waals surface area contributed by atoms with Crippen LogP contribution in [0.15, 0.2) is 77.9 Å². The number of aromatic nitrogens is 4. The lowest BCUT2D eigenvalue weighted by Gasteiger charge is -2.36. The maximum Gasteiger partial charge on any atom is 0.269 e. The predicted molar refractivity (Wildman–Crippen MR) is 118 cm³/mol. The standard InChI is InChI=1S/C23H22N6O/c30-22-14-20(16-25-29(22)17-18-6-2-1-3-7-18)27-10-12-28(13-11-27)23-21-9-5-4-8-19(21)15-24-26-23/h1-9,14-16H,10-13,17H2. The normalized spacial score (nSPS) is 14.3. The second-order valence-corrected chi connectivity index (χ2v) is 7.42. The van der Waals surface area contributed by atoms with Crippen LogP contribution in [0.1, 0.15) is 5.56 Å². The number of benzene rings is 2. The fourth-order valence-electron chi connectivity index (χ4n) is 3.89. The molecular weight excluding hydrogens is 376 g/mol. The van der Waals surface area contributed by atoms with Crippen LogP contribution in [0.3, 0.4) is 0 Å². The molecule has 7 nitrogen and oxygen atoms in total. The van der Waals surface area contributed by atoms with Gasteiger partial charge in [0.05, 0.1) is 24.6 Å². The number of rotatable bonds is 4. The minimum absolute atomic E-state index is 0.0845. The van der Waals surface area contributed by atoms with Crippen LogP contribution in [-0.2, 0) is 6.54 Å². The van der Waals surface area contributed by atoms with Crippen molar-refractivity contribution in [2.45, 2.75) is 6.54 Å². The lowest BCUT2D eigenvalue weighted by Crippen LogP contribution is -2.47. The molecule has 1 fully saturated rings. The first kappa shape index (κ1) is 18.3. The average molecular weight is 398 g/mol. The number of piperazine rings is 1. The number of anilines is 2. The van der Waals surface area contributed by atoms with E-state index >= 15 is 0 Å². The summed E-state index contributed by atoms with van der Waals surface area (Å²) in [7, 11) is 0. The van der Waals surface area contributed by atoms with Crippen molar-refractivity contribution >= 4 is 22.3 Å². The Morgan fingerprint density at radius 2 is 1.57 bits per heavy atom. The largest absolute Gasteiger partial charge is 0.367 e. The summed E-state index contributed by atoms with van der Waals surface area (Å²) in [6, 6.07) is 19.8. The van der Waals surface area contributed by atoms with Crippen LogP contribution in [0, 0.1) is 0 Å². The van der Waals surface area contributed by atoms with E-state index in [1.165, 1.54) is 4.68 Å². The minimum Gasteiger partial charge on any atom is -0.367 e. The molecule has 2 aromatic heterocycles. The molecular formula is C23H22N6O. The Morgan fingerprint density at radius 1 is 0.833 bits per heavy atom. The SMILES string of the molecule is O=c1cc(N2CCN(c3nncc4ccccc34)CC2)cnn1Cc1ccccc1. The molecule has 1 saturated heterocycles. The van der Waals surface area contributed by atoms with E-state index < -0.39 is 0 Å². The van der Waals surface area contributed by atoms with Gasteiger partial charge in [0.25, 0.3) is 5.56 Å². The highest BCUT2D eigenvalue weighted by Crippen LogP contribution is 2.25. The molecule has 0 N–H and O–H groups in total. The van der Waals surface area contributed by atoms with Crippen molar-refractivity contribution in [3.63, 3.8) is 0 Å². The summed E-state index contributed by atoms with van der Waals surface area (Å²) in [6.45, 7) is 3.71. The summed E-state index contributed by atoms with van der Waals surface area (Å²) in [6.07, 6.45) is 3.59. The quantitative estimate of drug-likeness (QED) is 0.526. The van der Waals surface area contributed by atoms with Crippen molar-refractivity contribution in [2.24, 2.45) is 0 Å². The number of fused-ring (bicyclic) bond motifs is 1. The third kappa shape index (κ3) is 3.61. The van der Waals surface area contributed by atoms with Crippen LogP contribution in [-0.4, -0.2) is 46.2 Å². The summed E-state index contributed by atoms with van der Waals surface area (Å²) < 4.78 is 1.50. The Labute approximate surface area is 174 Å². The number of hydrogen-bond acceptors (Lipinski definition) is 6. The number of hydrogen-bond donors (Lipinski definition) is 0. The molecule has 0 unspecified atom stereocenters. The van der Waals surface area contributed by atoms with Crippen molar-refractivity contribution in [3.05, 3.63) is 89.0 Å². The first-order valence-corrected chi connectivity index (χ1v) is 10.1. The fraction of sp³-hybridized carbons (Fsp3) is 0.217. The van der Waals surface area contributed by atoms with Gasteiger partial charge in [0.1, 0.15) is 0 Å². The topological polar surface area (TPSA) is 67.2 Å². The van der Waals surface area contributed by atoms with E-state index in [1.54, 1.807) is 18.5 Å². The van der Waals surface area contributed by atoms with Crippen molar-refractivity contribution in [1.82, 2.24) is 20.0 Å². The zero-order chi connectivity index (χ0) is 20.3. The maximum atomic E-state index is 12.6. The Bertz CT molecular complexity index is 1210. The van der Waals surface area contributed by atoms with Crippen LogP contribution in [0.5, 0.6) is 0 Å². The Balaban J connectivity index is 1.30. The molecule has 1 aliphatic rings.